The van der Waals surface area contributed by atoms with Crippen molar-refractivity contribution in [1.29, 1.82) is 0 Å². The van der Waals surface area contributed by atoms with Crippen LogP contribution in [0.2, 0.25) is 0 Å². The van der Waals surface area contributed by atoms with Crippen molar-refractivity contribution in [2.75, 3.05) is 14.2 Å². The summed E-state index contributed by atoms with van der Waals surface area (Å²) in [5.41, 5.74) is 0.749. The first kappa shape index (κ1) is 14.4. The van der Waals surface area contributed by atoms with Crippen molar-refractivity contribution in [2.24, 2.45) is 10.2 Å². The van der Waals surface area contributed by atoms with Crippen molar-refractivity contribution in [2.45, 2.75) is 12.2 Å². The second kappa shape index (κ2) is 6.42. The fourth-order valence-electron chi connectivity index (χ4n) is 1.59. The lowest BCUT2D eigenvalue weighted by atomic mass is 10.2. The van der Waals surface area contributed by atoms with E-state index in [1.807, 2.05) is 6.92 Å². The number of amidine groups is 1. The molecule has 0 aromatic heterocycles. The third-order valence-corrected chi connectivity index (χ3v) is 3.64. The van der Waals surface area contributed by atoms with E-state index in [0.717, 1.165) is 5.56 Å². The molecule has 0 radical (unpaired) electrons. The molecular weight excluding hydrogens is 278 g/mol. The summed E-state index contributed by atoms with van der Waals surface area (Å²) in [6.45, 7) is 1.82. The first-order valence-corrected chi connectivity index (χ1v) is 6.82. The Labute approximate surface area is 121 Å². The van der Waals surface area contributed by atoms with Gasteiger partial charge < -0.3 is 14.8 Å². The van der Waals surface area contributed by atoms with Gasteiger partial charge in [-0.2, -0.15) is 5.10 Å². The summed E-state index contributed by atoms with van der Waals surface area (Å²) in [6, 6.07) is 5.39. The number of carbonyl (C=O) groups is 1. The van der Waals surface area contributed by atoms with E-state index in [1.54, 1.807) is 38.6 Å². The molecule has 1 fully saturated rings. The van der Waals surface area contributed by atoms with Gasteiger partial charge in [-0.3, -0.25) is 4.79 Å². The van der Waals surface area contributed by atoms with Crippen LogP contribution in [0.3, 0.4) is 0 Å². The molecule has 1 atom stereocenters. The molecule has 1 amide bonds. The number of carbonyl (C=O) groups excluding carboxylic acids is 1. The molecular formula is C13H15N3O3S. The number of rotatable bonds is 4. The van der Waals surface area contributed by atoms with E-state index in [4.69, 9.17) is 9.47 Å². The number of methoxy groups -OCH3 is 2. The van der Waals surface area contributed by atoms with Gasteiger partial charge >= 0.3 is 0 Å². The molecule has 6 nitrogen and oxygen atoms in total. The summed E-state index contributed by atoms with van der Waals surface area (Å²) in [6.07, 6.45) is 1.56. The van der Waals surface area contributed by atoms with Gasteiger partial charge in [0.1, 0.15) is 11.5 Å². The Balaban J connectivity index is 2.15. The average Bonchev–Trinajstić information content (AvgIpc) is 2.77. The van der Waals surface area contributed by atoms with Crippen molar-refractivity contribution >= 4 is 29.1 Å². The van der Waals surface area contributed by atoms with Gasteiger partial charge in [-0.1, -0.05) is 11.8 Å². The van der Waals surface area contributed by atoms with Gasteiger partial charge in [0.2, 0.25) is 5.91 Å². The number of hydrogen-bond acceptors (Lipinski definition) is 6. The molecule has 20 heavy (non-hydrogen) atoms. The molecule has 106 valence electrons. The Kier molecular flexibility index (Phi) is 4.62. The third kappa shape index (κ3) is 3.30. The SMILES string of the molecule is COc1ccc(OC)c(/C=N/N=C2/NC(=O)[C@H](C)S2)c1. The van der Waals surface area contributed by atoms with E-state index in [9.17, 15) is 4.79 Å². The summed E-state index contributed by atoms with van der Waals surface area (Å²) in [4.78, 5) is 11.3. The minimum absolute atomic E-state index is 0.0529. The van der Waals surface area contributed by atoms with Gasteiger partial charge in [-0.05, 0) is 25.1 Å². The van der Waals surface area contributed by atoms with Crippen LogP contribution in [-0.2, 0) is 4.79 Å². The maximum atomic E-state index is 11.3. The minimum Gasteiger partial charge on any atom is -0.497 e. The van der Waals surface area contributed by atoms with Gasteiger partial charge in [0.05, 0.1) is 25.7 Å². The molecule has 1 heterocycles. The number of benzene rings is 1. The molecule has 1 saturated heterocycles. The number of ether oxygens (including phenoxy) is 2. The van der Waals surface area contributed by atoms with Gasteiger partial charge in [0.25, 0.3) is 0 Å². The zero-order chi connectivity index (χ0) is 14.5. The summed E-state index contributed by atoms with van der Waals surface area (Å²) in [7, 11) is 3.18. The van der Waals surface area contributed by atoms with Crippen molar-refractivity contribution < 1.29 is 14.3 Å². The fourth-order valence-corrected chi connectivity index (χ4v) is 2.34. The smallest absolute Gasteiger partial charge is 0.239 e. The Morgan fingerprint density at radius 1 is 1.35 bits per heavy atom. The van der Waals surface area contributed by atoms with E-state index in [0.29, 0.717) is 16.7 Å². The third-order valence-electron chi connectivity index (χ3n) is 2.67. The Morgan fingerprint density at radius 2 is 2.15 bits per heavy atom. The summed E-state index contributed by atoms with van der Waals surface area (Å²) in [5, 5.41) is 11.0. The van der Waals surface area contributed by atoms with Crippen molar-refractivity contribution in [3.8, 4) is 11.5 Å². The second-order valence-corrected chi connectivity index (χ2v) is 5.34. The average molecular weight is 293 g/mol. The van der Waals surface area contributed by atoms with Crippen LogP contribution in [0.4, 0.5) is 0 Å². The Morgan fingerprint density at radius 3 is 2.75 bits per heavy atom. The molecule has 7 heteroatoms. The standard InChI is InChI=1S/C13H15N3O3S/c1-8-12(17)15-13(20-8)16-14-7-9-6-10(18-2)4-5-11(9)19-3/h4-8H,1-3H3,(H,15,16,17)/b14-7+/t8-/m0/s1. The van der Waals surface area contributed by atoms with Crippen molar-refractivity contribution in [3.63, 3.8) is 0 Å². The summed E-state index contributed by atoms with van der Waals surface area (Å²) in [5.74, 6) is 1.33. The van der Waals surface area contributed by atoms with E-state index in [1.165, 1.54) is 11.8 Å². The van der Waals surface area contributed by atoms with Gasteiger partial charge in [-0.15, -0.1) is 5.10 Å². The van der Waals surface area contributed by atoms with Crippen LogP contribution in [0, 0.1) is 0 Å². The number of nitrogens with zero attached hydrogens (tertiary/aromatic N) is 2. The first-order valence-electron chi connectivity index (χ1n) is 5.94. The molecule has 1 aromatic carbocycles. The molecule has 0 aliphatic carbocycles. The largest absolute Gasteiger partial charge is 0.497 e. The molecule has 0 unspecified atom stereocenters. The van der Waals surface area contributed by atoms with Crippen LogP contribution in [0.1, 0.15) is 12.5 Å². The lowest BCUT2D eigenvalue weighted by Gasteiger charge is -2.06. The van der Waals surface area contributed by atoms with Crippen LogP contribution in [0.15, 0.2) is 28.4 Å². The quantitative estimate of drug-likeness (QED) is 0.676. The topological polar surface area (TPSA) is 72.3 Å². The fraction of sp³-hybridized carbons (Fsp3) is 0.308. The molecule has 1 aromatic rings. The van der Waals surface area contributed by atoms with E-state index in [2.05, 4.69) is 15.5 Å². The highest BCUT2D eigenvalue weighted by Gasteiger charge is 2.25. The molecule has 0 bridgehead atoms. The van der Waals surface area contributed by atoms with E-state index >= 15 is 0 Å². The van der Waals surface area contributed by atoms with Gasteiger partial charge in [0.15, 0.2) is 5.17 Å². The second-order valence-electron chi connectivity index (χ2n) is 4.01. The normalized spacial score (nSPS) is 20.4. The molecule has 1 aliphatic heterocycles. The highest BCUT2D eigenvalue weighted by molar-refractivity contribution is 8.15. The van der Waals surface area contributed by atoms with Crippen LogP contribution in [0.25, 0.3) is 0 Å². The molecule has 1 N–H and O–H groups in total. The summed E-state index contributed by atoms with van der Waals surface area (Å²) >= 11 is 1.35. The van der Waals surface area contributed by atoms with Crippen molar-refractivity contribution in [1.82, 2.24) is 5.32 Å². The molecule has 0 spiro atoms. The van der Waals surface area contributed by atoms with Crippen LogP contribution >= 0.6 is 11.8 Å². The number of amides is 1. The highest BCUT2D eigenvalue weighted by Crippen LogP contribution is 2.22. The van der Waals surface area contributed by atoms with Crippen molar-refractivity contribution in [3.05, 3.63) is 23.8 Å². The molecule has 0 saturated carbocycles. The lowest BCUT2D eigenvalue weighted by Crippen LogP contribution is -2.23. The molecule has 2 rings (SSSR count). The highest BCUT2D eigenvalue weighted by atomic mass is 32.2. The van der Waals surface area contributed by atoms with E-state index < -0.39 is 0 Å². The maximum Gasteiger partial charge on any atom is 0.239 e. The summed E-state index contributed by atoms with van der Waals surface area (Å²) < 4.78 is 10.4. The number of thioether (sulfide) groups is 1. The zero-order valence-electron chi connectivity index (χ0n) is 11.4. The van der Waals surface area contributed by atoms with Gasteiger partial charge in [-0.25, -0.2) is 0 Å². The van der Waals surface area contributed by atoms with E-state index in [-0.39, 0.29) is 11.2 Å². The zero-order valence-corrected chi connectivity index (χ0v) is 12.2. The lowest BCUT2D eigenvalue weighted by molar-refractivity contribution is -0.118. The Bertz CT molecular complexity index is 572. The van der Waals surface area contributed by atoms with Crippen LogP contribution < -0.4 is 14.8 Å². The minimum atomic E-state index is -0.129. The number of nitrogens with one attached hydrogen (secondary N) is 1. The van der Waals surface area contributed by atoms with Gasteiger partial charge in [0, 0.05) is 5.56 Å². The maximum absolute atomic E-state index is 11.3. The predicted octanol–water partition coefficient (Wildman–Crippen LogP) is 1.65. The monoisotopic (exact) mass is 293 g/mol. The molecule has 1 aliphatic rings. The van der Waals surface area contributed by atoms with Crippen LogP contribution in [-0.4, -0.2) is 36.8 Å². The Hall–Kier alpha value is -2.02. The number of hydrogen-bond donors (Lipinski definition) is 1. The predicted molar refractivity (Wildman–Crippen MR) is 79.8 cm³/mol. The van der Waals surface area contributed by atoms with Crippen LogP contribution in [0.5, 0.6) is 11.5 Å². The first-order chi connectivity index (χ1) is 9.63.